The Hall–Kier alpha value is -0.570. The molecule has 17 heavy (non-hydrogen) atoms. The molecular weight excluding hydrogens is 212 g/mol. The van der Waals surface area contributed by atoms with Crippen LogP contribution in [0.1, 0.15) is 58.8 Å². The van der Waals surface area contributed by atoms with Crippen LogP contribution in [0.5, 0.6) is 0 Å². The summed E-state index contributed by atoms with van der Waals surface area (Å²) in [6.45, 7) is 7.13. The van der Waals surface area contributed by atoms with E-state index >= 15 is 0 Å². The second kappa shape index (κ2) is 8.51. The van der Waals surface area contributed by atoms with Gasteiger partial charge in [-0.15, -0.1) is 0 Å². The molecule has 1 saturated heterocycles. The SMILES string of the molecule is CCCCCCCCN1CCNC(CC)C1=O. The number of hydrogen-bond donors (Lipinski definition) is 1. The maximum atomic E-state index is 12.0. The van der Waals surface area contributed by atoms with Gasteiger partial charge in [0.05, 0.1) is 6.04 Å². The number of unbranched alkanes of at least 4 members (excludes halogenated alkanes) is 5. The summed E-state index contributed by atoms with van der Waals surface area (Å²) in [6, 6.07) is 0.0730. The highest BCUT2D eigenvalue weighted by atomic mass is 16.2. The average Bonchev–Trinajstić information content (AvgIpc) is 2.35. The van der Waals surface area contributed by atoms with Crippen LogP contribution >= 0.6 is 0 Å². The summed E-state index contributed by atoms with van der Waals surface area (Å²) in [5.41, 5.74) is 0. The van der Waals surface area contributed by atoms with Gasteiger partial charge in [-0.1, -0.05) is 46.0 Å². The van der Waals surface area contributed by atoms with Crippen molar-refractivity contribution in [1.29, 1.82) is 0 Å². The number of carbonyl (C=O) groups excluding carboxylic acids is 1. The average molecular weight is 240 g/mol. The van der Waals surface area contributed by atoms with Gasteiger partial charge in [-0.3, -0.25) is 4.79 Å². The molecule has 1 unspecified atom stereocenters. The fourth-order valence-corrected chi connectivity index (χ4v) is 2.42. The van der Waals surface area contributed by atoms with E-state index in [4.69, 9.17) is 0 Å². The van der Waals surface area contributed by atoms with Crippen LogP contribution in [0, 0.1) is 0 Å². The third-order valence-corrected chi connectivity index (χ3v) is 3.57. The lowest BCUT2D eigenvalue weighted by Crippen LogP contribution is -2.54. The number of rotatable bonds is 8. The molecule has 0 aromatic heterocycles. The Labute approximate surface area is 106 Å². The molecule has 1 N–H and O–H groups in total. The predicted octanol–water partition coefficient (Wildman–Crippen LogP) is 2.56. The number of hydrogen-bond acceptors (Lipinski definition) is 2. The van der Waals surface area contributed by atoms with Crippen molar-refractivity contribution in [2.24, 2.45) is 0 Å². The summed E-state index contributed by atoms with van der Waals surface area (Å²) in [5, 5.41) is 3.28. The Morgan fingerprint density at radius 3 is 2.59 bits per heavy atom. The van der Waals surface area contributed by atoms with Gasteiger partial charge < -0.3 is 10.2 Å². The number of amides is 1. The van der Waals surface area contributed by atoms with Gasteiger partial charge in [0.1, 0.15) is 0 Å². The van der Waals surface area contributed by atoms with E-state index in [0.29, 0.717) is 5.91 Å². The predicted molar refractivity (Wildman–Crippen MR) is 72.0 cm³/mol. The van der Waals surface area contributed by atoms with Crippen LogP contribution < -0.4 is 5.32 Å². The molecule has 1 aliphatic heterocycles. The molecule has 1 aliphatic rings. The summed E-state index contributed by atoms with van der Waals surface area (Å²) in [6.07, 6.45) is 8.68. The number of carbonyl (C=O) groups is 1. The zero-order valence-electron chi connectivity index (χ0n) is 11.5. The van der Waals surface area contributed by atoms with Crippen LogP contribution in [0.25, 0.3) is 0 Å². The van der Waals surface area contributed by atoms with Gasteiger partial charge in [-0.2, -0.15) is 0 Å². The molecule has 0 aromatic carbocycles. The van der Waals surface area contributed by atoms with Crippen molar-refractivity contribution in [3.63, 3.8) is 0 Å². The lowest BCUT2D eigenvalue weighted by Gasteiger charge is -2.32. The fraction of sp³-hybridized carbons (Fsp3) is 0.929. The van der Waals surface area contributed by atoms with E-state index in [0.717, 1.165) is 26.1 Å². The molecular formula is C14H28N2O. The van der Waals surface area contributed by atoms with Crippen LogP contribution in [0.15, 0.2) is 0 Å². The third-order valence-electron chi connectivity index (χ3n) is 3.57. The zero-order chi connectivity index (χ0) is 12.5. The van der Waals surface area contributed by atoms with Gasteiger partial charge in [0.2, 0.25) is 5.91 Å². The minimum atomic E-state index is 0.0730. The minimum Gasteiger partial charge on any atom is -0.340 e. The molecule has 1 atom stereocenters. The van der Waals surface area contributed by atoms with E-state index in [9.17, 15) is 4.79 Å². The molecule has 0 aromatic rings. The third kappa shape index (κ3) is 5.07. The highest BCUT2D eigenvalue weighted by molar-refractivity contribution is 5.82. The van der Waals surface area contributed by atoms with E-state index in [1.165, 1.54) is 38.5 Å². The maximum Gasteiger partial charge on any atom is 0.239 e. The van der Waals surface area contributed by atoms with Crippen molar-refractivity contribution in [2.45, 2.75) is 64.8 Å². The summed E-state index contributed by atoms with van der Waals surface area (Å²) in [4.78, 5) is 14.0. The Morgan fingerprint density at radius 1 is 1.18 bits per heavy atom. The van der Waals surface area contributed by atoms with Crippen LogP contribution in [0.4, 0.5) is 0 Å². The number of nitrogens with zero attached hydrogens (tertiary/aromatic N) is 1. The Kier molecular flexibility index (Phi) is 7.25. The van der Waals surface area contributed by atoms with E-state index in [1.54, 1.807) is 0 Å². The summed E-state index contributed by atoms with van der Waals surface area (Å²) >= 11 is 0. The highest BCUT2D eigenvalue weighted by Crippen LogP contribution is 2.09. The van der Waals surface area contributed by atoms with Gasteiger partial charge >= 0.3 is 0 Å². The van der Waals surface area contributed by atoms with Gasteiger partial charge in [-0.05, 0) is 12.8 Å². The molecule has 1 heterocycles. The smallest absolute Gasteiger partial charge is 0.239 e. The lowest BCUT2D eigenvalue weighted by molar-refractivity contribution is -0.135. The van der Waals surface area contributed by atoms with Crippen LogP contribution in [0.3, 0.4) is 0 Å². The molecule has 0 saturated carbocycles. The van der Waals surface area contributed by atoms with Gasteiger partial charge in [-0.25, -0.2) is 0 Å². The van der Waals surface area contributed by atoms with Crippen molar-refractivity contribution in [2.75, 3.05) is 19.6 Å². The maximum absolute atomic E-state index is 12.0. The lowest BCUT2D eigenvalue weighted by atomic mass is 10.1. The summed E-state index contributed by atoms with van der Waals surface area (Å²) in [5.74, 6) is 0.312. The van der Waals surface area contributed by atoms with Gasteiger partial charge in [0.15, 0.2) is 0 Å². The topological polar surface area (TPSA) is 32.3 Å². The molecule has 3 heteroatoms. The second-order valence-corrected chi connectivity index (χ2v) is 5.01. The first-order valence-electron chi connectivity index (χ1n) is 7.31. The van der Waals surface area contributed by atoms with E-state index < -0.39 is 0 Å². The first kappa shape index (κ1) is 14.5. The molecule has 3 nitrogen and oxygen atoms in total. The second-order valence-electron chi connectivity index (χ2n) is 5.01. The molecule has 0 radical (unpaired) electrons. The number of nitrogens with one attached hydrogen (secondary N) is 1. The normalized spacial score (nSPS) is 20.9. The Balaban J connectivity index is 2.11. The van der Waals surface area contributed by atoms with Gasteiger partial charge in [0, 0.05) is 19.6 Å². The van der Waals surface area contributed by atoms with Crippen molar-refractivity contribution in [3.8, 4) is 0 Å². The number of piperazine rings is 1. The van der Waals surface area contributed by atoms with Crippen molar-refractivity contribution in [3.05, 3.63) is 0 Å². The molecule has 1 fully saturated rings. The van der Waals surface area contributed by atoms with Crippen molar-refractivity contribution < 1.29 is 4.79 Å². The highest BCUT2D eigenvalue weighted by Gasteiger charge is 2.25. The zero-order valence-corrected chi connectivity index (χ0v) is 11.5. The largest absolute Gasteiger partial charge is 0.340 e. The van der Waals surface area contributed by atoms with E-state index in [2.05, 4.69) is 19.2 Å². The van der Waals surface area contributed by atoms with Crippen molar-refractivity contribution in [1.82, 2.24) is 10.2 Å². The van der Waals surface area contributed by atoms with E-state index in [1.807, 2.05) is 4.90 Å². The van der Waals surface area contributed by atoms with Crippen molar-refractivity contribution >= 4 is 5.91 Å². The molecule has 100 valence electrons. The first-order valence-corrected chi connectivity index (χ1v) is 7.31. The quantitative estimate of drug-likeness (QED) is 0.661. The van der Waals surface area contributed by atoms with Crippen LogP contribution in [0.2, 0.25) is 0 Å². The first-order chi connectivity index (χ1) is 8.29. The molecule has 1 amide bonds. The Morgan fingerprint density at radius 2 is 1.88 bits per heavy atom. The fourth-order valence-electron chi connectivity index (χ4n) is 2.42. The van der Waals surface area contributed by atoms with E-state index in [-0.39, 0.29) is 6.04 Å². The molecule has 1 rings (SSSR count). The molecule has 0 bridgehead atoms. The van der Waals surface area contributed by atoms with Crippen LogP contribution in [-0.2, 0) is 4.79 Å². The van der Waals surface area contributed by atoms with Gasteiger partial charge in [0.25, 0.3) is 0 Å². The van der Waals surface area contributed by atoms with Crippen LogP contribution in [-0.4, -0.2) is 36.5 Å². The molecule has 0 aliphatic carbocycles. The minimum absolute atomic E-state index is 0.0730. The Bertz CT molecular complexity index is 218. The molecule has 0 spiro atoms. The standard InChI is InChI=1S/C14H28N2O/c1-3-5-6-7-8-9-11-16-12-10-15-13(4-2)14(16)17/h13,15H,3-12H2,1-2H3. The monoisotopic (exact) mass is 240 g/mol. The summed E-state index contributed by atoms with van der Waals surface area (Å²) < 4.78 is 0. The summed E-state index contributed by atoms with van der Waals surface area (Å²) in [7, 11) is 0.